The van der Waals surface area contributed by atoms with Gasteiger partial charge in [0.15, 0.2) is 22.4 Å². The molecule has 0 N–H and O–H groups in total. The van der Waals surface area contributed by atoms with Gasteiger partial charge >= 0.3 is 0 Å². The highest BCUT2D eigenvalue weighted by molar-refractivity contribution is 7.12. The molecule has 3 aliphatic rings. The van der Waals surface area contributed by atoms with Gasteiger partial charge in [0.05, 0.1) is 17.1 Å². The zero-order chi connectivity index (χ0) is 34.1. The number of fused-ring (bicyclic) bond motifs is 1. The summed E-state index contributed by atoms with van der Waals surface area (Å²) in [5.74, 6) is 2.44. The lowest BCUT2D eigenvalue weighted by atomic mass is 9.60. The Morgan fingerprint density at radius 1 is 1.00 bits per heavy atom. The average molecular weight is 685 g/mol. The number of thiophene rings is 1. The minimum atomic E-state index is -1.88. The molecular weight excluding hydrogens is 617 g/mol. The van der Waals surface area contributed by atoms with Gasteiger partial charge in [-0.2, -0.15) is 0 Å². The van der Waals surface area contributed by atoms with Gasteiger partial charge in [-0.15, -0.1) is 11.3 Å². The van der Waals surface area contributed by atoms with Crippen molar-refractivity contribution in [3.63, 3.8) is 0 Å². The van der Waals surface area contributed by atoms with E-state index in [1.54, 1.807) is 16.9 Å². The molecule has 0 unspecified atom stereocenters. The van der Waals surface area contributed by atoms with Crippen LogP contribution in [-0.4, -0.2) is 34.6 Å². The first-order chi connectivity index (χ1) is 21.2. The first-order valence-corrected chi connectivity index (χ1v) is 25.2. The molecule has 3 nitrogen and oxygen atoms in total. The lowest BCUT2D eigenvalue weighted by Crippen LogP contribution is -2.48. The normalized spacial score (nSPS) is 29.6. The summed E-state index contributed by atoms with van der Waals surface area (Å²) in [6.07, 6.45) is 18.1. The van der Waals surface area contributed by atoms with E-state index < -0.39 is 16.6 Å². The molecule has 3 fully saturated rings. The molecule has 0 amide bonds. The van der Waals surface area contributed by atoms with Gasteiger partial charge in [-0.1, -0.05) is 84.8 Å². The molecular formula is C40H68O3SSi2. The predicted molar refractivity (Wildman–Crippen MR) is 204 cm³/mol. The van der Waals surface area contributed by atoms with Gasteiger partial charge < -0.3 is 8.85 Å². The molecule has 0 radical (unpaired) electrons. The van der Waals surface area contributed by atoms with E-state index >= 15 is 0 Å². The van der Waals surface area contributed by atoms with Crippen LogP contribution in [0, 0.1) is 23.2 Å². The topological polar surface area (TPSA) is 35.5 Å². The maximum absolute atomic E-state index is 12.6. The summed E-state index contributed by atoms with van der Waals surface area (Å²) in [5, 5.41) is 2.42. The molecule has 1 aromatic heterocycles. The van der Waals surface area contributed by atoms with Gasteiger partial charge in [0.2, 0.25) is 0 Å². The number of allylic oxidation sites excluding steroid dienone is 3. The van der Waals surface area contributed by atoms with Crippen LogP contribution in [0.1, 0.15) is 136 Å². The van der Waals surface area contributed by atoms with Crippen LogP contribution in [0.25, 0.3) is 0 Å². The summed E-state index contributed by atoms with van der Waals surface area (Å²) in [6.45, 7) is 28.8. The second-order valence-corrected chi connectivity index (χ2v) is 29.0. The summed E-state index contributed by atoms with van der Waals surface area (Å²) in [7, 11) is -3.77. The van der Waals surface area contributed by atoms with Crippen LogP contribution in [0.2, 0.25) is 36.3 Å². The van der Waals surface area contributed by atoms with Crippen molar-refractivity contribution in [3.8, 4) is 0 Å². The molecule has 0 bridgehead atoms. The molecule has 4 rings (SSSR count). The SMILES string of the molecule is C[C@H](CCCC(=O)c1cccs1)[C@H]1CC[C@H]2/C(=C/C=C3C[C@@H](O[Si](C)(C)C(C)(C)C)C[C@H](O[Si](C)(C)C(C)(C)C)C3)CCC[C@]12C. The molecule has 46 heavy (non-hydrogen) atoms. The fourth-order valence-corrected chi connectivity index (χ4v) is 11.8. The summed E-state index contributed by atoms with van der Waals surface area (Å²) < 4.78 is 14.2. The van der Waals surface area contributed by atoms with Crippen molar-refractivity contribution in [1.82, 2.24) is 0 Å². The van der Waals surface area contributed by atoms with E-state index in [0.717, 1.165) is 36.5 Å². The summed E-state index contributed by atoms with van der Waals surface area (Å²) in [4.78, 5) is 13.5. The van der Waals surface area contributed by atoms with Gasteiger partial charge in [-0.05, 0) is 135 Å². The van der Waals surface area contributed by atoms with Gasteiger partial charge in [0, 0.05) is 6.42 Å². The Balaban J connectivity index is 1.47. The minimum absolute atomic E-state index is 0.203. The molecule has 3 aliphatic carbocycles. The molecule has 0 aromatic carbocycles. The summed E-state index contributed by atoms with van der Waals surface area (Å²) >= 11 is 1.58. The van der Waals surface area contributed by atoms with E-state index in [4.69, 9.17) is 8.85 Å². The van der Waals surface area contributed by atoms with Crippen molar-refractivity contribution in [2.24, 2.45) is 23.2 Å². The van der Waals surface area contributed by atoms with Crippen LogP contribution in [0.5, 0.6) is 0 Å². The fraction of sp³-hybridized carbons (Fsp3) is 0.775. The molecule has 0 spiro atoms. The van der Waals surface area contributed by atoms with Gasteiger partial charge in [-0.3, -0.25) is 4.79 Å². The zero-order valence-electron chi connectivity index (χ0n) is 31.7. The van der Waals surface area contributed by atoms with Crippen LogP contribution in [0.3, 0.4) is 0 Å². The maximum Gasteiger partial charge on any atom is 0.192 e. The Morgan fingerprint density at radius 2 is 1.61 bits per heavy atom. The molecule has 6 heteroatoms. The largest absolute Gasteiger partial charge is 0.414 e. The fourth-order valence-electron chi connectivity index (χ4n) is 8.42. The quantitative estimate of drug-likeness (QED) is 0.172. The van der Waals surface area contributed by atoms with Crippen LogP contribution < -0.4 is 0 Å². The smallest absolute Gasteiger partial charge is 0.192 e. The highest BCUT2D eigenvalue weighted by Crippen LogP contribution is 2.60. The Labute approximate surface area is 289 Å². The van der Waals surface area contributed by atoms with Crippen molar-refractivity contribution in [2.45, 2.75) is 174 Å². The molecule has 1 heterocycles. The molecule has 3 saturated carbocycles. The summed E-state index contributed by atoms with van der Waals surface area (Å²) in [6, 6.07) is 3.96. The third kappa shape index (κ3) is 8.86. The molecule has 0 aliphatic heterocycles. The van der Waals surface area contributed by atoms with Crippen LogP contribution in [0.15, 0.2) is 40.8 Å². The minimum Gasteiger partial charge on any atom is -0.414 e. The lowest BCUT2D eigenvalue weighted by Gasteiger charge is -2.45. The number of ketones is 1. The third-order valence-electron chi connectivity index (χ3n) is 13.2. The number of Topliss-reactive ketones (excluding diaryl/α,β-unsaturated/α-hetero) is 1. The first kappa shape index (κ1) is 38.0. The van der Waals surface area contributed by atoms with E-state index in [-0.39, 0.29) is 22.3 Å². The Bertz CT molecular complexity index is 1190. The summed E-state index contributed by atoms with van der Waals surface area (Å²) in [5.41, 5.74) is 3.60. The molecule has 6 atom stereocenters. The van der Waals surface area contributed by atoms with E-state index in [1.807, 2.05) is 17.5 Å². The Kier molecular flexibility index (Phi) is 12.1. The standard InChI is InChI=1S/C40H68O3SSi2/c1-29(16-13-18-36(41)37-19-15-25-44-37)34-22-23-35-31(17-14-24-40(34,35)8)21-20-30-26-32(42-45(9,10)38(2,3)4)28-33(27-30)43-46(11,12)39(5,6)7/h15,19-21,25,29,32-35H,13-14,16-18,22-24,26-28H2,1-12H3/b31-21+/t29-,32-,33-,34-,35+,40-/m1/s1. The maximum atomic E-state index is 12.6. The molecule has 1 aromatic rings. The van der Waals surface area contributed by atoms with Crippen molar-refractivity contribution >= 4 is 33.8 Å². The number of rotatable bonds is 11. The van der Waals surface area contributed by atoms with Crippen molar-refractivity contribution in [1.29, 1.82) is 0 Å². The van der Waals surface area contributed by atoms with Gasteiger partial charge in [0.1, 0.15) is 0 Å². The zero-order valence-corrected chi connectivity index (χ0v) is 34.5. The molecule has 0 saturated heterocycles. The number of hydrogen-bond donors (Lipinski definition) is 0. The second-order valence-electron chi connectivity index (χ2n) is 18.6. The number of carbonyl (C=O) groups is 1. The highest BCUT2D eigenvalue weighted by Gasteiger charge is 2.50. The van der Waals surface area contributed by atoms with E-state index in [1.165, 1.54) is 44.1 Å². The lowest BCUT2D eigenvalue weighted by molar-refractivity contribution is 0.0724. The average Bonchev–Trinajstić information content (AvgIpc) is 3.58. The van der Waals surface area contributed by atoms with Crippen molar-refractivity contribution < 1.29 is 13.6 Å². The first-order valence-electron chi connectivity index (χ1n) is 18.5. The monoisotopic (exact) mass is 684 g/mol. The van der Waals surface area contributed by atoms with Gasteiger partial charge in [-0.25, -0.2) is 0 Å². The highest BCUT2D eigenvalue weighted by atomic mass is 32.1. The van der Waals surface area contributed by atoms with Crippen molar-refractivity contribution in [3.05, 3.63) is 45.7 Å². The number of hydrogen-bond acceptors (Lipinski definition) is 4. The molecule has 260 valence electrons. The van der Waals surface area contributed by atoms with Crippen LogP contribution in [0.4, 0.5) is 0 Å². The second kappa shape index (κ2) is 14.6. The van der Waals surface area contributed by atoms with Gasteiger partial charge in [0.25, 0.3) is 0 Å². The van der Waals surface area contributed by atoms with Crippen LogP contribution in [-0.2, 0) is 8.85 Å². The van der Waals surface area contributed by atoms with E-state index in [9.17, 15) is 4.79 Å². The van der Waals surface area contributed by atoms with E-state index in [2.05, 4.69) is 93.7 Å². The Hall–Kier alpha value is -0.796. The predicted octanol–water partition coefficient (Wildman–Crippen LogP) is 12.8. The van der Waals surface area contributed by atoms with Crippen LogP contribution >= 0.6 is 11.3 Å². The Morgan fingerprint density at radius 3 is 2.15 bits per heavy atom. The van der Waals surface area contributed by atoms with Crippen molar-refractivity contribution in [2.75, 3.05) is 0 Å². The van der Waals surface area contributed by atoms with E-state index in [0.29, 0.717) is 29.5 Å². The third-order valence-corrected chi connectivity index (χ3v) is 23.1. The number of carbonyl (C=O) groups excluding carboxylic acids is 1.